The summed E-state index contributed by atoms with van der Waals surface area (Å²) < 4.78 is 11.0. The molecule has 0 aliphatic carbocycles. The molecule has 1 aliphatic heterocycles. The molecule has 2 rings (SSSR count). The lowest BCUT2D eigenvalue weighted by molar-refractivity contribution is 0.218. The van der Waals surface area contributed by atoms with Gasteiger partial charge in [-0.3, -0.25) is 0 Å². The predicted molar refractivity (Wildman–Crippen MR) is 72.5 cm³/mol. The van der Waals surface area contributed by atoms with E-state index in [9.17, 15) is 0 Å². The molecular weight excluding hydrogens is 226 g/mol. The van der Waals surface area contributed by atoms with E-state index in [0.29, 0.717) is 6.61 Å². The van der Waals surface area contributed by atoms with Crippen molar-refractivity contribution in [3.63, 3.8) is 0 Å². The van der Waals surface area contributed by atoms with Gasteiger partial charge in [-0.05, 0) is 43.0 Å². The summed E-state index contributed by atoms with van der Waals surface area (Å²) in [6.07, 6.45) is 4.76. The molecule has 1 aromatic rings. The molecule has 98 valence electrons. The molecule has 3 heteroatoms. The molecule has 1 atom stereocenters. The lowest BCUT2D eigenvalue weighted by atomic mass is 10.0. The Morgan fingerprint density at radius 1 is 1.44 bits per heavy atom. The Morgan fingerprint density at radius 2 is 2.33 bits per heavy atom. The number of hydrogen-bond donors (Lipinski definition) is 1. The number of benzene rings is 1. The van der Waals surface area contributed by atoms with Gasteiger partial charge in [0.15, 0.2) is 0 Å². The van der Waals surface area contributed by atoms with Crippen molar-refractivity contribution >= 4 is 0 Å². The number of rotatable bonds is 5. The Hall–Kier alpha value is -1.48. The quantitative estimate of drug-likeness (QED) is 0.870. The van der Waals surface area contributed by atoms with Crippen LogP contribution in [0.1, 0.15) is 24.8 Å². The first kappa shape index (κ1) is 13.0. The molecule has 0 amide bonds. The fourth-order valence-electron chi connectivity index (χ4n) is 2.05. The van der Waals surface area contributed by atoms with Crippen molar-refractivity contribution in [1.82, 2.24) is 0 Å². The Kier molecular flexibility index (Phi) is 4.65. The molecule has 18 heavy (non-hydrogen) atoms. The average molecular weight is 247 g/mol. The summed E-state index contributed by atoms with van der Waals surface area (Å²) >= 11 is 0. The van der Waals surface area contributed by atoms with Gasteiger partial charge in [-0.1, -0.05) is 12.1 Å². The van der Waals surface area contributed by atoms with Crippen molar-refractivity contribution < 1.29 is 9.47 Å². The van der Waals surface area contributed by atoms with Gasteiger partial charge in [-0.15, -0.1) is 0 Å². The van der Waals surface area contributed by atoms with E-state index in [1.165, 1.54) is 11.1 Å². The Morgan fingerprint density at radius 3 is 3.06 bits per heavy atom. The second-order valence-electron chi connectivity index (χ2n) is 4.73. The van der Waals surface area contributed by atoms with Crippen LogP contribution in [0, 0.1) is 6.92 Å². The lowest BCUT2D eigenvalue weighted by Crippen LogP contribution is -2.26. The summed E-state index contributed by atoms with van der Waals surface area (Å²) in [5.41, 5.74) is 8.53. The van der Waals surface area contributed by atoms with Crippen LogP contribution in [0.15, 0.2) is 36.1 Å². The minimum atomic E-state index is 0.0510. The van der Waals surface area contributed by atoms with Gasteiger partial charge in [-0.2, -0.15) is 0 Å². The Balaban J connectivity index is 1.76. The van der Waals surface area contributed by atoms with Gasteiger partial charge in [-0.25, -0.2) is 0 Å². The monoisotopic (exact) mass is 247 g/mol. The van der Waals surface area contributed by atoms with Gasteiger partial charge in [0.1, 0.15) is 5.75 Å². The third-order valence-electron chi connectivity index (χ3n) is 3.13. The summed E-state index contributed by atoms with van der Waals surface area (Å²) in [5.74, 6) is 0.913. The molecule has 0 aromatic heterocycles. The van der Waals surface area contributed by atoms with Crippen LogP contribution in [-0.4, -0.2) is 19.3 Å². The van der Waals surface area contributed by atoms with Gasteiger partial charge in [0.25, 0.3) is 0 Å². The van der Waals surface area contributed by atoms with E-state index in [1.807, 2.05) is 24.5 Å². The maximum absolute atomic E-state index is 6.11. The van der Waals surface area contributed by atoms with Crippen LogP contribution in [0.5, 0.6) is 5.75 Å². The van der Waals surface area contributed by atoms with Crippen LogP contribution in [0.25, 0.3) is 0 Å². The van der Waals surface area contributed by atoms with E-state index in [4.69, 9.17) is 15.2 Å². The van der Waals surface area contributed by atoms with Gasteiger partial charge >= 0.3 is 0 Å². The molecule has 1 unspecified atom stereocenters. The first-order valence-corrected chi connectivity index (χ1v) is 6.51. The van der Waals surface area contributed by atoms with Crippen LogP contribution >= 0.6 is 0 Å². The number of nitrogens with two attached hydrogens (primary N) is 1. The zero-order valence-electron chi connectivity index (χ0n) is 10.9. The van der Waals surface area contributed by atoms with E-state index in [0.717, 1.165) is 31.6 Å². The standard InChI is InChI=1S/C15H21NO2/c1-12-4-2-6-14(10-12)18-9-7-15(16)13-5-3-8-17-11-13/h2,4,6,10-11,15H,3,5,7-9,16H2,1H3. The maximum Gasteiger partial charge on any atom is 0.119 e. The normalized spacial score (nSPS) is 16.7. The maximum atomic E-state index is 6.11. The molecule has 0 fully saturated rings. The molecule has 2 N–H and O–H groups in total. The molecule has 1 aromatic carbocycles. The first-order chi connectivity index (χ1) is 8.75. The molecule has 0 bridgehead atoms. The summed E-state index contributed by atoms with van der Waals surface area (Å²) in [7, 11) is 0. The third-order valence-corrected chi connectivity index (χ3v) is 3.13. The zero-order chi connectivity index (χ0) is 12.8. The molecule has 0 radical (unpaired) electrons. The first-order valence-electron chi connectivity index (χ1n) is 6.51. The zero-order valence-corrected chi connectivity index (χ0v) is 10.9. The highest BCUT2D eigenvalue weighted by molar-refractivity contribution is 5.27. The van der Waals surface area contributed by atoms with Crippen LogP contribution in [0.2, 0.25) is 0 Å². The number of ether oxygens (including phenoxy) is 2. The summed E-state index contributed by atoms with van der Waals surface area (Å²) in [4.78, 5) is 0. The third kappa shape index (κ3) is 3.77. The molecular formula is C15H21NO2. The van der Waals surface area contributed by atoms with E-state index < -0.39 is 0 Å². The van der Waals surface area contributed by atoms with E-state index in [-0.39, 0.29) is 6.04 Å². The predicted octanol–water partition coefficient (Wildman–Crippen LogP) is 2.79. The van der Waals surface area contributed by atoms with Gasteiger partial charge in [0, 0.05) is 12.5 Å². The smallest absolute Gasteiger partial charge is 0.119 e. The topological polar surface area (TPSA) is 44.5 Å². The fourth-order valence-corrected chi connectivity index (χ4v) is 2.05. The van der Waals surface area contributed by atoms with Gasteiger partial charge in [0.05, 0.1) is 19.5 Å². The molecule has 3 nitrogen and oxygen atoms in total. The van der Waals surface area contributed by atoms with Crippen LogP contribution < -0.4 is 10.5 Å². The van der Waals surface area contributed by atoms with Crippen LogP contribution in [-0.2, 0) is 4.74 Å². The van der Waals surface area contributed by atoms with Crippen molar-refractivity contribution in [2.75, 3.05) is 13.2 Å². The molecule has 0 saturated heterocycles. The van der Waals surface area contributed by atoms with Crippen molar-refractivity contribution in [3.05, 3.63) is 41.7 Å². The van der Waals surface area contributed by atoms with Crippen molar-refractivity contribution in [1.29, 1.82) is 0 Å². The summed E-state index contributed by atoms with van der Waals surface area (Å²) in [5, 5.41) is 0. The Bertz CT molecular complexity index is 415. The fraction of sp³-hybridized carbons (Fsp3) is 0.467. The highest BCUT2D eigenvalue weighted by Gasteiger charge is 2.12. The minimum absolute atomic E-state index is 0.0510. The highest BCUT2D eigenvalue weighted by atomic mass is 16.5. The molecule has 0 saturated carbocycles. The summed E-state index contributed by atoms with van der Waals surface area (Å²) in [6, 6.07) is 8.12. The highest BCUT2D eigenvalue weighted by Crippen LogP contribution is 2.17. The second kappa shape index (κ2) is 6.45. The van der Waals surface area contributed by atoms with E-state index in [2.05, 4.69) is 13.0 Å². The van der Waals surface area contributed by atoms with Crippen LogP contribution in [0.3, 0.4) is 0 Å². The van der Waals surface area contributed by atoms with Crippen molar-refractivity contribution in [3.8, 4) is 5.75 Å². The number of hydrogen-bond acceptors (Lipinski definition) is 3. The van der Waals surface area contributed by atoms with Crippen LogP contribution in [0.4, 0.5) is 0 Å². The van der Waals surface area contributed by atoms with Crippen molar-refractivity contribution in [2.45, 2.75) is 32.2 Å². The second-order valence-corrected chi connectivity index (χ2v) is 4.73. The average Bonchev–Trinajstić information content (AvgIpc) is 2.40. The summed E-state index contributed by atoms with van der Waals surface area (Å²) in [6.45, 7) is 3.51. The molecule has 1 heterocycles. The molecule has 0 spiro atoms. The molecule has 1 aliphatic rings. The SMILES string of the molecule is Cc1cccc(OCCC(N)C2=COCCC2)c1. The van der Waals surface area contributed by atoms with Gasteiger partial charge in [0.2, 0.25) is 0 Å². The van der Waals surface area contributed by atoms with E-state index in [1.54, 1.807) is 0 Å². The lowest BCUT2D eigenvalue weighted by Gasteiger charge is -2.19. The minimum Gasteiger partial charge on any atom is -0.501 e. The van der Waals surface area contributed by atoms with E-state index >= 15 is 0 Å². The number of aryl methyl sites for hydroxylation is 1. The largest absolute Gasteiger partial charge is 0.501 e. The van der Waals surface area contributed by atoms with Crippen molar-refractivity contribution in [2.24, 2.45) is 5.73 Å². The van der Waals surface area contributed by atoms with Gasteiger partial charge < -0.3 is 15.2 Å². The Labute approximate surface area is 109 Å².